The lowest BCUT2D eigenvalue weighted by Crippen LogP contribution is -2.18. The Morgan fingerprint density at radius 3 is 2.88 bits per heavy atom. The van der Waals surface area contributed by atoms with Gasteiger partial charge < -0.3 is 15.4 Å². The maximum atomic E-state index is 13.1. The lowest BCUT2D eigenvalue weighted by Gasteiger charge is -2.08. The van der Waals surface area contributed by atoms with E-state index >= 15 is 0 Å². The van der Waals surface area contributed by atoms with Crippen molar-refractivity contribution in [3.8, 4) is 5.75 Å². The third kappa shape index (κ3) is 4.30. The molecule has 0 aliphatic rings. The average molecular weight is 240 g/mol. The second kappa shape index (κ2) is 6.73. The van der Waals surface area contributed by atoms with Crippen LogP contribution < -0.4 is 15.4 Å². The van der Waals surface area contributed by atoms with E-state index in [2.05, 4.69) is 10.6 Å². The van der Waals surface area contributed by atoms with Crippen molar-refractivity contribution in [2.75, 3.05) is 26.0 Å². The van der Waals surface area contributed by atoms with Gasteiger partial charge in [-0.1, -0.05) is 0 Å². The molecule has 0 bridgehead atoms. The first kappa shape index (κ1) is 13.3. The van der Waals surface area contributed by atoms with Crippen LogP contribution >= 0.6 is 0 Å². The molecule has 0 heterocycles. The highest BCUT2D eigenvalue weighted by atomic mass is 19.1. The number of hydrogen-bond donors (Lipinski definition) is 2. The van der Waals surface area contributed by atoms with Gasteiger partial charge in [0, 0.05) is 31.8 Å². The molecule has 1 aromatic rings. The van der Waals surface area contributed by atoms with E-state index < -0.39 is 0 Å². The van der Waals surface area contributed by atoms with Gasteiger partial charge in [-0.25, -0.2) is 4.39 Å². The van der Waals surface area contributed by atoms with Crippen molar-refractivity contribution in [1.82, 2.24) is 5.32 Å². The molecule has 0 aromatic heterocycles. The van der Waals surface area contributed by atoms with E-state index in [4.69, 9.17) is 4.74 Å². The van der Waals surface area contributed by atoms with Crippen molar-refractivity contribution in [2.45, 2.75) is 12.8 Å². The van der Waals surface area contributed by atoms with Crippen LogP contribution in [0, 0.1) is 5.82 Å². The summed E-state index contributed by atoms with van der Waals surface area (Å²) in [4.78, 5) is 11.0. The standard InChI is InChI=1S/C12H17FN2O2/c1-14-12(16)4-3-7-15-9-5-6-10(13)11(8-9)17-2/h5-6,8,15H,3-4,7H2,1-2H3,(H,14,16). The van der Waals surface area contributed by atoms with Crippen molar-refractivity contribution >= 4 is 11.6 Å². The van der Waals surface area contributed by atoms with Crippen LogP contribution in [0.5, 0.6) is 5.75 Å². The molecule has 0 unspecified atom stereocenters. The number of rotatable bonds is 6. The Kier molecular flexibility index (Phi) is 5.26. The second-order valence-corrected chi connectivity index (χ2v) is 3.55. The number of anilines is 1. The van der Waals surface area contributed by atoms with Gasteiger partial charge in [-0.15, -0.1) is 0 Å². The van der Waals surface area contributed by atoms with E-state index in [1.54, 1.807) is 19.2 Å². The van der Waals surface area contributed by atoms with E-state index in [0.717, 1.165) is 12.1 Å². The first-order chi connectivity index (χ1) is 8.17. The third-order valence-corrected chi connectivity index (χ3v) is 2.34. The normalized spacial score (nSPS) is 9.82. The maximum Gasteiger partial charge on any atom is 0.219 e. The van der Waals surface area contributed by atoms with Crippen LogP contribution in [0.15, 0.2) is 18.2 Å². The zero-order valence-electron chi connectivity index (χ0n) is 10.0. The Balaban J connectivity index is 2.39. The molecule has 4 nitrogen and oxygen atoms in total. The molecule has 1 aromatic carbocycles. The third-order valence-electron chi connectivity index (χ3n) is 2.34. The van der Waals surface area contributed by atoms with Gasteiger partial charge in [-0.2, -0.15) is 0 Å². The average Bonchev–Trinajstić information content (AvgIpc) is 2.36. The Hall–Kier alpha value is -1.78. The Morgan fingerprint density at radius 2 is 2.24 bits per heavy atom. The first-order valence-electron chi connectivity index (χ1n) is 5.45. The molecular weight excluding hydrogens is 223 g/mol. The molecular formula is C12H17FN2O2. The predicted molar refractivity (Wildman–Crippen MR) is 64.7 cm³/mol. The highest BCUT2D eigenvalue weighted by Crippen LogP contribution is 2.21. The van der Waals surface area contributed by atoms with Crippen LogP contribution in [0.2, 0.25) is 0 Å². The molecule has 5 heteroatoms. The van der Waals surface area contributed by atoms with E-state index in [1.807, 2.05) is 0 Å². The summed E-state index contributed by atoms with van der Waals surface area (Å²) < 4.78 is 18.0. The van der Waals surface area contributed by atoms with Crippen molar-refractivity contribution in [3.05, 3.63) is 24.0 Å². The minimum absolute atomic E-state index is 0.0171. The zero-order valence-corrected chi connectivity index (χ0v) is 10.0. The van der Waals surface area contributed by atoms with Gasteiger partial charge in [-0.3, -0.25) is 4.79 Å². The molecule has 0 aliphatic heterocycles. The van der Waals surface area contributed by atoms with Crippen molar-refractivity contribution in [1.29, 1.82) is 0 Å². The SMILES string of the molecule is CNC(=O)CCCNc1ccc(F)c(OC)c1. The van der Waals surface area contributed by atoms with Crippen LogP contribution in [0.3, 0.4) is 0 Å². The Morgan fingerprint density at radius 1 is 1.47 bits per heavy atom. The Bertz CT molecular complexity index is 383. The summed E-state index contributed by atoms with van der Waals surface area (Å²) in [6.45, 7) is 0.655. The molecule has 0 atom stereocenters. The molecule has 0 saturated carbocycles. The zero-order chi connectivity index (χ0) is 12.7. The van der Waals surface area contributed by atoms with Crippen LogP contribution in [0.1, 0.15) is 12.8 Å². The molecule has 0 fully saturated rings. The van der Waals surface area contributed by atoms with E-state index in [-0.39, 0.29) is 17.5 Å². The number of halogens is 1. The van der Waals surface area contributed by atoms with Gasteiger partial charge in [0.05, 0.1) is 7.11 Å². The molecule has 1 rings (SSSR count). The lowest BCUT2D eigenvalue weighted by atomic mass is 10.2. The first-order valence-corrected chi connectivity index (χ1v) is 5.45. The van der Waals surface area contributed by atoms with Crippen LogP contribution in [-0.4, -0.2) is 26.6 Å². The number of benzene rings is 1. The van der Waals surface area contributed by atoms with Gasteiger partial charge in [-0.05, 0) is 18.6 Å². The molecule has 94 valence electrons. The van der Waals surface area contributed by atoms with Gasteiger partial charge in [0.2, 0.25) is 5.91 Å². The highest BCUT2D eigenvalue weighted by molar-refractivity contribution is 5.75. The Labute approximate surface area is 100 Å². The van der Waals surface area contributed by atoms with Gasteiger partial charge >= 0.3 is 0 Å². The van der Waals surface area contributed by atoms with E-state index in [1.165, 1.54) is 13.2 Å². The topological polar surface area (TPSA) is 50.4 Å². The summed E-state index contributed by atoms with van der Waals surface area (Å²) in [7, 11) is 3.04. The summed E-state index contributed by atoms with van der Waals surface area (Å²) in [6.07, 6.45) is 1.20. The van der Waals surface area contributed by atoms with Crippen molar-refractivity contribution in [3.63, 3.8) is 0 Å². The van der Waals surface area contributed by atoms with Gasteiger partial charge in [0.15, 0.2) is 11.6 Å². The number of methoxy groups -OCH3 is 1. The fourth-order valence-electron chi connectivity index (χ4n) is 1.38. The fourth-order valence-corrected chi connectivity index (χ4v) is 1.38. The summed E-state index contributed by atoms with van der Waals surface area (Å²) in [5, 5.41) is 5.65. The summed E-state index contributed by atoms with van der Waals surface area (Å²) in [6, 6.07) is 4.58. The molecule has 0 radical (unpaired) electrons. The van der Waals surface area contributed by atoms with Crippen LogP contribution in [0.25, 0.3) is 0 Å². The number of ether oxygens (including phenoxy) is 1. The smallest absolute Gasteiger partial charge is 0.219 e. The minimum atomic E-state index is -0.386. The van der Waals surface area contributed by atoms with Crippen molar-refractivity contribution < 1.29 is 13.9 Å². The minimum Gasteiger partial charge on any atom is -0.494 e. The van der Waals surface area contributed by atoms with E-state index in [0.29, 0.717) is 13.0 Å². The summed E-state index contributed by atoms with van der Waals surface area (Å²) in [5.41, 5.74) is 0.778. The number of hydrogen-bond acceptors (Lipinski definition) is 3. The number of carbonyl (C=O) groups excluding carboxylic acids is 1. The molecule has 0 spiro atoms. The molecule has 0 aliphatic carbocycles. The predicted octanol–water partition coefficient (Wildman–Crippen LogP) is 1.77. The number of carbonyl (C=O) groups is 1. The second-order valence-electron chi connectivity index (χ2n) is 3.55. The summed E-state index contributed by atoms with van der Waals surface area (Å²) >= 11 is 0. The maximum absolute atomic E-state index is 13.1. The lowest BCUT2D eigenvalue weighted by molar-refractivity contribution is -0.120. The number of nitrogens with one attached hydrogen (secondary N) is 2. The molecule has 2 N–H and O–H groups in total. The van der Waals surface area contributed by atoms with E-state index in [9.17, 15) is 9.18 Å². The van der Waals surface area contributed by atoms with Crippen molar-refractivity contribution in [2.24, 2.45) is 0 Å². The largest absolute Gasteiger partial charge is 0.494 e. The summed E-state index contributed by atoms with van der Waals surface area (Å²) in [5.74, 6) is -0.159. The van der Waals surface area contributed by atoms with Crippen LogP contribution in [-0.2, 0) is 4.79 Å². The molecule has 17 heavy (non-hydrogen) atoms. The molecule has 0 saturated heterocycles. The van der Waals surface area contributed by atoms with Gasteiger partial charge in [0.25, 0.3) is 0 Å². The molecule has 1 amide bonds. The highest BCUT2D eigenvalue weighted by Gasteiger charge is 2.03. The van der Waals surface area contributed by atoms with Gasteiger partial charge in [0.1, 0.15) is 0 Å². The quantitative estimate of drug-likeness (QED) is 0.745. The van der Waals surface area contributed by atoms with Crippen LogP contribution in [0.4, 0.5) is 10.1 Å². The fraction of sp³-hybridized carbons (Fsp3) is 0.417. The number of amides is 1. The monoisotopic (exact) mass is 240 g/mol.